The number of thioether (sulfide) groups is 1. The van der Waals surface area contributed by atoms with Crippen molar-refractivity contribution < 1.29 is 9.90 Å². The van der Waals surface area contributed by atoms with E-state index in [0.717, 1.165) is 29.9 Å². The highest BCUT2D eigenvalue weighted by atomic mass is 32.2. The Morgan fingerprint density at radius 2 is 2.12 bits per heavy atom. The summed E-state index contributed by atoms with van der Waals surface area (Å²) >= 11 is 1.94. The van der Waals surface area contributed by atoms with Crippen LogP contribution in [0.25, 0.3) is 0 Å². The number of amides is 1. The van der Waals surface area contributed by atoms with Crippen LogP contribution in [-0.2, 0) is 0 Å². The van der Waals surface area contributed by atoms with Gasteiger partial charge in [0.05, 0.1) is 0 Å². The normalized spacial score (nSPS) is 16.8. The minimum absolute atomic E-state index is 0.0370. The van der Waals surface area contributed by atoms with Crippen molar-refractivity contribution in [2.24, 2.45) is 0 Å². The molecule has 2 N–H and O–H groups in total. The predicted molar refractivity (Wildman–Crippen MR) is 70.7 cm³/mol. The lowest BCUT2D eigenvalue weighted by atomic mass is 10.1. The number of hydrogen-bond donors (Lipinski definition) is 2. The largest absolute Gasteiger partial charge is 0.508 e. The van der Waals surface area contributed by atoms with Crippen molar-refractivity contribution in [2.45, 2.75) is 25.8 Å². The first-order valence-electron chi connectivity index (χ1n) is 5.85. The second-order valence-electron chi connectivity index (χ2n) is 4.36. The monoisotopic (exact) mass is 251 g/mol. The molecule has 1 aliphatic heterocycles. The minimum atomic E-state index is -0.0370. The number of benzene rings is 1. The van der Waals surface area contributed by atoms with Crippen LogP contribution in [0.2, 0.25) is 0 Å². The molecule has 0 bridgehead atoms. The molecule has 1 heterocycles. The zero-order chi connectivity index (χ0) is 12.3. The summed E-state index contributed by atoms with van der Waals surface area (Å²) in [5, 5.41) is 12.5. The highest BCUT2D eigenvalue weighted by molar-refractivity contribution is 7.99. The number of aromatic hydroxyl groups is 1. The molecular weight excluding hydrogens is 234 g/mol. The van der Waals surface area contributed by atoms with Gasteiger partial charge in [0.25, 0.3) is 5.91 Å². The molecule has 0 spiro atoms. The van der Waals surface area contributed by atoms with Crippen LogP contribution in [0.3, 0.4) is 0 Å². The van der Waals surface area contributed by atoms with Gasteiger partial charge in [0.2, 0.25) is 0 Å². The molecule has 1 fully saturated rings. The maximum absolute atomic E-state index is 12.0. The van der Waals surface area contributed by atoms with Gasteiger partial charge < -0.3 is 10.4 Å². The molecular formula is C13H17NO2S. The topological polar surface area (TPSA) is 49.3 Å². The summed E-state index contributed by atoms with van der Waals surface area (Å²) in [6.07, 6.45) is 2.10. The SMILES string of the molecule is Cc1cc(C(=O)NC2CCSCC2)ccc1O. The summed E-state index contributed by atoms with van der Waals surface area (Å²) in [6, 6.07) is 5.26. The smallest absolute Gasteiger partial charge is 0.251 e. The Balaban J connectivity index is 2.01. The first-order chi connectivity index (χ1) is 8.16. The number of nitrogens with one attached hydrogen (secondary N) is 1. The third-order valence-electron chi connectivity index (χ3n) is 3.02. The fourth-order valence-corrected chi connectivity index (χ4v) is 3.01. The van der Waals surface area contributed by atoms with Crippen molar-refractivity contribution in [2.75, 3.05) is 11.5 Å². The van der Waals surface area contributed by atoms with Crippen LogP contribution in [0.4, 0.5) is 0 Å². The van der Waals surface area contributed by atoms with Crippen LogP contribution in [0.15, 0.2) is 18.2 Å². The van der Waals surface area contributed by atoms with E-state index in [1.165, 1.54) is 0 Å². The van der Waals surface area contributed by atoms with Gasteiger partial charge in [0.1, 0.15) is 5.75 Å². The van der Waals surface area contributed by atoms with Crippen LogP contribution in [0.5, 0.6) is 5.75 Å². The molecule has 1 saturated heterocycles. The molecule has 17 heavy (non-hydrogen) atoms. The van der Waals surface area contributed by atoms with Gasteiger partial charge in [0.15, 0.2) is 0 Å². The van der Waals surface area contributed by atoms with Crippen molar-refractivity contribution in [1.29, 1.82) is 0 Å². The van der Waals surface area contributed by atoms with Gasteiger partial charge >= 0.3 is 0 Å². The Bertz CT molecular complexity index is 414. The third kappa shape index (κ3) is 3.16. The summed E-state index contributed by atoms with van der Waals surface area (Å²) < 4.78 is 0. The van der Waals surface area contributed by atoms with E-state index in [4.69, 9.17) is 0 Å². The average Bonchev–Trinajstić information content (AvgIpc) is 2.34. The maximum Gasteiger partial charge on any atom is 0.251 e. The van der Waals surface area contributed by atoms with Gasteiger partial charge in [-0.2, -0.15) is 11.8 Å². The lowest BCUT2D eigenvalue weighted by molar-refractivity contribution is 0.0935. The van der Waals surface area contributed by atoms with Crippen LogP contribution in [0, 0.1) is 6.92 Å². The fraction of sp³-hybridized carbons (Fsp3) is 0.462. The van der Waals surface area contributed by atoms with E-state index in [1.807, 2.05) is 11.8 Å². The Kier molecular flexibility index (Phi) is 3.94. The van der Waals surface area contributed by atoms with Crippen molar-refractivity contribution in [1.82, 2.24) is 5.32 Å². The Hall–Kier alpha value is -1.16. The zero-order valence-electron chi connectivity index (χ0n) is 9.90. The molecule has 0 atom stereocenters. The fourth-order valence-electron chi connectivity index (χ4n) is 1.91. The molecule has 3 nitrogen and oxygen atoms in total. The van der Waals surface area contributed by atoms with Crippen LogP contribution in [0.1, 0.15) is 28.8 Å². The second-order valence-corrected chi connectivity index (χ2v) is 5.59. The Morgan fingerprint density at radius 3 is 2.76 bits per heavy atom. The number of phenols is 1. The second kappa shape index (κ2) is 5.45. The molecule has 1 aromatic rings. The van der Waals surface area contributed by atoms with E-state index in [9.17, 15) is 9.90 Å². The van der Waals surface area contributed by atoms with Crippen molar-refractivity contribution in [3.8, 4) is 5.75 Å². The van der Waals surface area contributed by atoms with Crippen LogP contribution in [-0.4, -0.2) is 28.6 Å². The molecule has 1 aromatic carbocycles. The zero-order valence-corrected chi connectivity index (χ0v) is 10.7. The van der Waals surface area contributed by atoms with Gasteiger partial charge in [0, 0.05) is 11.6 Å². The summed E-state index contributed by atoms with van der Waals surface area (Å²) in [6.45, 7) is 1.80. The van der Waals surface area contributed by atoms with Gasteiger partial charge in [-0.15, -0.1) is 0 Å². The molecule has 4 heteroatoms. The number of hydrogen-bond acceptors (Lipinski definition) is 3. The first-order valence-corrected chi connectivity index (χ1v) is 7.00. The maximum atomic E-state index is 12.0. The molecule has 2 rings (SSSR count). The molecule has 1 aliphatic rings. The molecule has 1 amide bonds. The average molecular weight is 251 g/mol. The Labute approximate surface area is 106 Å². The van der Waals surface area contributed by atoms with Gasteiger partial charge in [-0.3, -0.25) is 4.79 Å². The lowest BCUT2D eigenvalue weighted by Crippen LogP contribution is -2.37. The molecule has 0 unspecified atom stereocenters. The van der Waals surface area contributed by atoms with E-state index >= 15 is 0 Å². The molecule has 92 valence electrons. The summed E-state index contributed by atoms with van der Waals surface area (Å²) in [5.74, 6) is 2.44. The van der Waals surface area contributed by atoms with E-state index in [0.29, 0.717) is 11.6 Å². The standard InChI is InChI=1S/C13H17NO2S/c1-9-8-10(2-3-12(9)15)13(16)14-11-4-6-17-7-5-11/h2-3,8,11,15H,4-7H2,1H3,(H,14,16). The van der Waals surface area contributed by atoms with E-state index in [2.05, 4.69) is 5.32 Å². The van der Waals surface area contributed by atoms with E-state index in [-0.39, 0.29) is 11.7 Å². The lowest BCUT2D eigenvalue weighted by Gasteiger charge is -2.22. The van der Waals surface area contributed by atoms with E-state index < -0.39 is 0 Å². The van der Waals surface area contributed by atoms with Gasteiger partial charge in [-0.25, -0.2) is 0 Å². The highest BCUT2D eigenvalue weighted by Gasteiger charge is 2.17. The Morgan fingerprint density at radius 1 is 1.41 bits per heavy atom. The van der Waals surface area contributed by atoms with Crippen LogP contribution < -0.4 is 5.32 Å². The van der Waals surface area contributed by atoms with Gasteiger partial charge in [-0.05, 0) is 55.0 Å². The minimum Gasteiger partial charge on any atom is -0.508 e. The highest BCUT2D eigenvalue weighted by Crippen LogP contribution is 2.19. The van der Waals surface area contributed by atoms with Crippen molar-refractivity contribution in [3.05, 3.63) is 29.3 Å². The quantitative estimate of drug-likeness (QED) is 0.848. The predicted octanol–water partition coefficient (Wildman–Crippen LogP) is 2.33. The number of aryl methyl sites for hydroxylation is 1. The van der Waals surface area contributed by atoms with Crippen molar-refractivity contribution >= 4 is 17.7 Å². The molecule has 0 saturated carbocycles. The summed E-state index contributed by atoms with van der Waals surface area (Å²) in [5.41, 5.74) is 1.36. The van der Waals surface area contributed by atoms with Crippen molar-refractivity contribution in [3.63, 3.8) is 0 Å². The first kappa shape index (κ1) is 12.3. The number of phenolic OH excluding ortho intramolecular Hbond substituents is 1. The summed E-state index contributed by atoms with van der Waals surface area (Å²) in [4.78, 5) is 12.0. The molecule has 0 aliphatic carbocycles. The summed E-state index contributed by atoms with van der Waals surface area (Å²) in [7, 11) is 0. The van der Waals surface area contributed by atoms with Gasteiger partial charge in [-0.1, -0.05) is 0 Å². The number of carbonyl (C=O) groups excluding carboxylic acids is 1. The third-order valence-corrected chi connectivity index (χ3v) is 4.06. The van der Waals surface area contributed by atoms with Crippen LogP contribution >= 0.6 is 11.8 Å². The molecule has 0 aromatic heterocycles. The number of rotatable bonds is 2. The number of carbonyl (C=O) groups is 1. The molecule has 0 radical (unpaired) electrons. The van der Waals surface area contributed by atoms with E-state index in [1.54, 1.807) is 25.1 Å².